The van der Waals surface area contributed by atoms with Crippen LogP contribution in [0.1, 0.15) is 81.3 Å². The normalized spacial score (nSPS) is 18.2. The molecule has 2 aromatic carbocycles. The van der Waals surface area contributed by atoms with E-state index in [1.807, 2.05) is 26.2 Å². The molecule has 0 radical (unpaired) electrons. The van der Waals surface area contributed by atoms with Crippen molar-refractivity contribution in [3.63, 3.8) is 0 Å². The molecule has 0 atom stereocenters. The molecule has 0 unspecified atom stereocenters. The van der Waals surface area contributed by atoms with Gasteiger partial charge in [-0.1, -0.05) is 0 Å². The molecule has 12 rings (SSSR count). The number of hydrogen-bond donors (Lipinski definition) is 4. The van der Waals surface area contributed by atoms with Gasteiger partial charge in [-0.05, 0) is 115 Å². The van der Waals surface area contributed by atoms with Gasteiger partial charge in [-0.3, -0.25) is 18.4 Å². The zero-order valence-corrected chi connectivity index (χ0v) is 42.5. The minimum absolute atomic E-state index is 0.0724. The van der Waals surface area contributed by atoms with Crippen LogP contribution in [0.15, 0.2) is 71.0 Å². The van der Waals surface area contributed by atoms with E-state index in [1.54, 1.807) is 45.7 Å². The van der Waals surface area contributed by atoms with Gasteiger partial charge in [0.05, 0.1) is 27.8 Å². The molecule has 0 bridgehead atoms. The zero-order chi connectivity index (χ0) is 51.3. The molecule has 380 valence electrons. The molecule has 4 aliphatic rings. The number of nitrogens with one attached hydrogen (secondary N) is 3. The van der Waals surface area contributed by atoms with Crippen LogP contribution in [-0.2, 0) is 15.8 Å². The molecular formula is C51H60F4N12O4Si. The maximum absolute atomic E-state index is 15.7. The first-order valence-corrected chi connectivity index (χ1v) is 27.7. The molecule has 16 nitrogen and oxygen atoms in total. The van der Waals surface area contributed by atoms with Gasteiger partial charge in [-0.25, -0.2) is 47.5 Å². The Hall–Kier alpha value is -6.26. The minimum Gasteiger partial charge on any atom is -0.412 e. The van der Waals surface area contributed by atoms with Crippen LogP contribution >= 0.6 is 0 Å². The number of halogens is 4. The van der Waals surface area contributed by atoms with Crippen molar-refractivity contribution in [2.45, 2.75) is 115 Å². The van der Waals surface area contributed by atoms with Gasteiger partial charge in [0.15, 0.2) is 19.7 Å². The standard InChI is InChI=1S/C23H22F2N6O.C20H18F2N6O.C7H16OSi.CH4O/c1-13-11-31-12-15(10-26-22(31)27-13)14-8-17-19(18(24)9-14)28-21(29-20(17)32)23(25)4-6-30(7-5-23)16-2-3-16;1-11-9-28-10-13(8-24-19(28)25-11)12-6-14-16(15(21)7-12)26-18(27-17(14)29)20(22)2-4-23-5-3-20;1-7(5-6-7)8-9(2,3)4;1-2/h8-12,16H,2-7H2,1H3,(H,28,29,32);6-10,23H,2-5H2,1H3,(H,26,27,29);5-6H2,1-4H3;2H,1H3. The third-order valence-corrected chi connectivity index (χ3v) is 14.6. The second kappa shape index (κ2) is 19.6. The maximum atomic E-state index is 15.7. The van der Waals surface area contributed by atoms with Crippen molar-refractivity contribution >= 4 is 41.7 Å². The summed E-state index contributed by atoms with van der Waals surface area (Å²) in [6.45, 7) is 14.9. The van der Waals surface area contributed by atoms with E-state index in [0.717, 1.165) is 18.5 Å². The predicted octanol–water partition coefficient (Wildman–Crippen LogP) is 8.13. The van der Waals surface area contributed by atoms with Gasteiger partial charge in [-0.2, -0.15) is 0 Å². The molecule has 6 aromatic heterocycles. The summed E-state index contributed by atoms with van der Waals surface area (Å²) in [4.78, 5) is 58.4. The molecule has 4 N–H and O–H groups in total. The van der Waals surface area contributed by atoms with Gasteiger partial charge in [-0.15, -0.1) is 0 Å². The Balaban J connectivity index is 0.000000148. The minimum atomic E-state index is -1.77. The van der Waals surface area contributed by atoms with E-state index in [1.165, 1.54) is 37.8 Å². The smallest absolute Gasteiger partial charge is 0.258 e. The average molecular weight is 1010 g/mol. The highest BCUT2D eigenvalue weighted by Crippen LogP contribution is 2.41. The number of imidazole rings is 2. The summed E-state index contributed by atoms with van der Waals surface area (Å²) in [5.41, 5.74) is -0.711. The molecule has 0 spiro atoms. The van der Waals surface area contributed by atoms with Gasteiger partial charge in [0.2, 0.25) is 11.6 Å². The predicted molar refractivity (Wildman–Crippen MR) is 270 cm³/mol. The van der Waals surface area contributed by atoms with Crippen LogP contribution in [0.3, 0.4) is 0 Å². The fourth-order valence-corrected chi connectivity index (χ4v) is 11.1. The van der Waals surface area contributed by atoms with Crippen LogP contribution in [0.5, 0.6) is 0 Å². The van der Waals surface area contributed by atoms with Gasteiger partial charge in [0.1, 0.15) is 34.3 Å². The largest absolute Gasteiger partial charge is 0.412 e. The lowest BCUT2D eigenvalue weighted by Gasteiger charge is -2.35. The molecular weight excluding hydrogens is 949 g/mol. The Morgan fingerprint density at radius 1 is 0.653 bits per heavy atom. The number of rotatable bonds is 7. The fraction of sp³-hybridized carbons (Fsp3) is 0.451. The Morgan fingerprint density at radius 2 is 1.10 bits per heavy atom. The molecule has 21 heteroatoms. The van der Waals surface area contributed by atoms with E-state index in [9.17, 15) is 14.0 Å². The number of fused-ring (bicyclic) bond motifs is 4. The topological polar surface area (TPSA) is 197 Å². The highest BCUT2D eigenvalue weighted by Gasteiger charge is 2.43. The number of nitrogens with zero attached hydrogens (tertiary/aromatic N) is 9. The molecule has 0 amide bonds. The lowest BCUT2D eigenvalue weighted by Crippen LogP contribution is -2.42. The van der Waals surface area contributed by atoms with Crippen LogP contribution in [0.4, 0.5) is 17.6 Å². The Bertz CT molecular complexity index is 3420. The van der Waals surface area contributed by atoms with Crippen molar-refractivity contribution in [3.8, 4) is 22.3 Å². The van der Waals surface area contributed by atoms with Crippen molar-refractivity contribution in [1.29, 1.82) is 0 Å². The quantitative estimate of drug-likeness (QED) is 0.0886. The zero-order valence-electron chi connectivity index (χ0n) is 41.5. The lowest BCUT2D eigenvalue weighted by atomic mass is 9.92. The molecule has 8 aromatic rings. The number of H-pyrrole nitrogens is 2. The Morgan fingerprint density at radius 3 is 1.50 bits per heavy atom. The first kappa shape index (κ1) is 50.7. The summed E-state index contributed by atoms with van der Waals surface area (Å²) in [6.07, 6.45) is 16.1. The highest BCUT2D eigenvalue weighted by atomic mass is 28.4. The summed E-state index contributed by atoms with van der Waals surface area (Å²) < 4.78 is 70.3. The first-order valence-electron chi connectivity index (χ1n) is 24.3. The Kier molecular flexibility index (Phi) is 13.8. The molecule has 2 saturated carbocycles. The lowest BCUT2D eigenvalue weighted by molar-refractivity contribution is 0.0451. The Labute approximate surface area is 413 Å². The van der Waals surface area contributed by atoms with Crippen LogP contribution in [0.25, 0.3) is 55.6 Å². The number of hydrogen-bond acceptors (Lipinski definition) is 12. The number of piperidine rings is 2. The van der Waals surface area contributed by atoms with Crippen molar-refractivity contribution in [3.05, 3.63) is 117 Å². The maximum Gasteiger partial charge on any atom is 0.258 e. The number of aliphatic hydroxyl groups excluding tert-OH is 1. The van der Waals surface area contributed by atoms with E-state index >= 15 is 13.2 Å². The van der Waals surface area contributed by atoms with Gasteiger partial charge < -0.3 is 29.7 Å². The van der Waals surface area contributed by atoms with Crippen LogP contribution < -0.4 is 16.4 Å². The third-order valence-electron chi connectivity index (χ3n) is 13.5. The number of likely N-dealkylation sites (tertiary alicyclic amines) is 1. The number of benzene rings is 2. The van der Waals surface area contributed by atoms with Gasteiger partial charge >= 0.3 is 0 Å². The summed E-state index contributed by atoms with van der Waals surface area (Å²) in [6, 6.07) is 6.29. The SMILES string of the molecule is CC1(O[Si](C)(C)C)CC1.CO.Cc1cn2cc(-c3cc(F)c4nc(C5(F)CCN(C6CC6)CC5)[nH]c(=O)c4c3)cnc2n1.Cc1cn2cc(-c3cc(F)c4nc(C5(F)CCNCC5)[nH]c(=O)c4c3)cnc2n1. The summed E-state index contributed by atoms with van der Waals surface area (Å²) in [5.74, 6) is -0.450. The van der Waals surface area contributed by atoms with Crippen LogP contribution in [0, 0.1) is 25.5 Å². The summed E-state index contributed by atoms with van der Waals surface area (Å²) in [5, 5.41) is 10.2. The van der Waals surface area contributed by atoms with Crippen LogP contribution in [0.2, 0.25) is 19.6 Å². The van der Waals surface area contributed by atoms with Gasteiger partial charge in [0.25, 0.3) is 11.1 Å². The number of aliphatic hydroxyl groups is 1. The van der Waals surface area contributed by atoms with Crippen molar-refractivity contribution < 1.29 is 27.1 Å². The number of aromatic amines is 2. The first-order chi connectivity index (χ1) is 34.2. The second-order valence-electron chi connectivity index (χ2n) is 20.5. The molecule has 2 aliphatic heterocycles. The third kappa shape index (κ3) is 10.9. The highest BCUT2D eigenvalue weighted by molar-refractivity contribution is 6.69. The van der Waals surface area contributed by atoms with Crippen molar-refractivity contribution in [1.82, 2.24) is 58.9 Å². The molecule has 2 saturated heterocycles. The molecule has 4 fully saturated rings. The fourth-order valence-electron chi connectivity index (χ4n) is 9.46. The van der Waals surface area contributed by atoms with Gasteiger partial charge in [0, 0.05) is 100 Å². The van der Waals surface area contributed by atoms with E-state index in [4.69, 9.17) is 9.53 Å². The molecule has 72 heavy (non-hydrogen) atoms. The molecule has 8 heterocycles. The molecule has 2 aliphatic carbocycles. The summed E-state index contributed by atoms with van der Waals surface area (Å²) >= 11 is 0. The van der Waals surface area contributed by atoms with E-state index < -0.39 is 42.4 Å². The number of aryl methyl sites for hydroxylation is 2. The number of aromatic nitrogens is 10. The van der Waals surface area contributed by atoms with Crippen molar-refractivity contribution in [2.75, 3.05) is 33.3 Å². The van der Waals surface area contributed by atoms with Crippen molar-refractivity contribution in [2.24, 2.45) is 0 Å². The number of alkyl halides is 2. The van der Waals surface area contributed by atoms with Crippen LogP contribution in [-0.4, -0.2) is 112 Å². The van der Waals surface area contributed by atoms with E-state index in [2.05, 4.69) is 76.7 Å². The second-order valence-corrected chi connectivity index (χ2v) is 24.9. The van der Waals surface area contributed by atoms with E-state index in [-0.39, 0.29) is 59.1 Å². The summed E-state index contributed by atoms with van der Waals surface area (Å²) in [7, 11) is -0.230. The average Bonchev–Trinajstić information content (AvgIpc) is 4.25. The van der Waals surface area contributed by atoms with E-state index in [0.29, 0.717) is 71.6 Å². The monoisotopic (exact) mass is 1010 g/mol.